The number of ether oxygens (including phenoxy) is 2. The molecular weight excluding hydrogens is 459 g/mol. The molecule has 0 spiro atoms. The normalized spacial score (nSPS) is 17.9. The maximum Gasteiger partial charge on any atom is 0.227 e. The lowest BCUT2D eigenvalue weighted by Crippen LogP contribution is -2.45. The Bertz CT molecular complexity index is 1190. The minimum Gasteiger partial charge on any atom is -0.493 e. The number of benzene rings is 2. The number of hydrogen-bond acceptors (Lipinski definition) is 8. The van der Waals surface area contributed by atoms with Crippen LogP contribution in [-0.4, -0.2) is 86.3 Å². The van der Waals surface area contributed by atoms with Crippen molar-refractivity contribution >= 4 is 22.7 Å². The van der Waals surface area contributed by atoms with Crippen LogP contribution >= 0.6 is 0 Å². The minimum atomic E-state index is -0.133. The third kappa shape index (κ3) is 5.32. The Hall–Kier alpha value is -3.17. The third-order valence-corrected chi connectivity index (χ3v) is 7.26. The number of likely N-dealkylation sites (N-methyl/N-ethyl adjacent to an activating group) is 1. The number of anilines is 2. The zero-order chi connectivity index (χ0) is 25.1. The topological polar surface area (TPSA) is 66.0 Å². The molecule has 0 amide bonds. The number of methoxy groups -OCH3 is 2. The van der Waals surface area contributed by atoms with Gasteiger partial charge in [0.15, 0.2) is 11.5 Å². The first-order chi connectivity index (χ1) is 17.5. The Balaban J connectivity index is 1.37. The van der Waals surface area contributed by atoms with Crippen molar-refractivity contribution in [2.24, 2.45) is 0 Å². The smallest absolute Gasteiger partial charge is 0.227 e. The van der Waals surface area contributed by atoms with Gasteiger partial charge in [0.2, 0.25) is 5.95 Å². The number of hydrogen-bond donors (Lipinski definition) is 1. The van der Waals surface area contributed by atoms with Crippen LogP contribution in [0.2, 0.25) is 0 Å². The van der Waals surface area contributed by atoms with Gasteiger partial charge in [0.1, 0.15) is 11.6 Å². The highest BCUT2D eigenvalue weighted by Crippen LogP contribution is 2.35. The standard InChI is InChI=1S/C27H35FN6O2/c1-32-12-14-34(15-13-32)27-30-23-17-25(36-3)24(35-2)16-21(23)26(31-27)29-20-8-10-33(11-9-20)18-19-6-4-5-7-22(19)28/h4-7,16-17,20H,8-15,18H2,1-3H3,(H,29,30,31). The molecule has 0 radical (unpaired) electrons. The SMILES string of the molecule is COc1cc2nc(N3CCN(C)CC3)nc(NC3CCN(Cc4ccccc4F)CC3)c2cc1OC. The van der Waals surface area contributed by atoms with Gasteiger partial charge < -0.3 is 24.6 Å². The van der Waals surface area contributed by atoms with Gasteiger partial charge in [-0.3, -0.25) is 4.90 Å². The maximum absolute atomic E-state index is 14.1. The predicted octanol–water partition coefficient (Wildman–Crippen LogP) is 3.61. The van der Waals surface area contributed by atoms with E-state index in [9.17, 15) is 4.39 Å². The molecule has 1 N–H and O–H groups in total. The molecule has 2 aromatic carbocycles. The Morgan fingerprint density at radius 1 is 0.944 bits per heavy atom. The number of piperazine rings is 1. The largest absolute Gasteiger partial charge is 0.493 e. The van der Waals surface area contributed by atoms with Crippen molar-refractivity contribution in [3.05, 3.63) is 47.8 Å². The van der Waals surface area contributed by atoms with Gasteiger partial charge in [0.25, 0.3) is 0 Å². The van der Waals surface area contributed by atoms with Gasteiger partial charge in [-0.1, -0.05) is 18.2 Å². The molecule has 5 rings (SSSR count). The van der Waals surface area contributed by atoms with Gasteiger partial charge >= 0.3 is 0 Å². The molecule has 0 unspecified atom stereocenters. The summed E-state index contributed by atoms with van der Waals surface area (Å²) >= 11 is 0. The molecule has 0 bridgehead atoms. The van der Waals surface area contributed by atoms with Crippen molar-refractivity contribution in [2.45, 2.75) is 25.4 Å². The van der Waals surface area contributed by atoms with E-state index in [-0.39, 0.29) is 11.9 Å². The highest BCUT2D eigenvalue weighted by molar-refractivity contribution is 5.93. The highest BCUT2D eigenvalue weighted by atomic mass is 19.1. The van der Waals surface area contributed by atoms with Crippen molar-refractivity contribution in [3.63, 3.8) is 0 Å². The van der Waals surface area contributed by atoms with E-state index in [1.165, 1.54) is 6.07 Å². The Morgan fingerprint density at radius 2 is 1.64 bits per heavy atom. The maximum atomic E-state index is 14.1. The number of rotatable bonds is 7. The Kier molecular flexibility index (Phi) is 7.38. The second-order valence-electron chi connectivity index (χ2n) is 9.67. The Labute approximate surface area is 212 Å². The van der Waals surface area contributed by atoms with Crippen LogP contribution in [0, 0.1) is 5.82 Å². The summed E-state index contributed by atoms with van der Waals surface area (Å²) in [5.41, 5.74) is 1.58. The molecule has 9 heteroatoms. The number of nitrogens with one attached hydrogen (secondary N) is 1. The molecule has 192 valence electrons. The lowest BCUT2D eigenvalue weighted by Gasteiger charge is -2.34. The quantitative estimate of drug-likeness (QED) is 0.535. The van der Waals surface area contributed by atoms with Crippen LogP contribution in [0.5, 0.6) is 11.5 Å². The van der Waals surface area contributed by atoms with E-state index in [0.717, 1.165) is 80.3 Å². The molecule has 36 heavy (non-hydrogen) atoms. The number of likely N-dealkylation sites (tertiary alicyclic amines) is 1. The molecule has 1 aromatic heterocycles. The van der Waals surface area contributed by atoms with E-state index in [1.807, 2.05) is 24.3 Å². The molecule has 2 aliphatic heterocycles. The molecular formula is C27H35FN6O2. The second-order valence-corrected chi connectivity index (χ2v) is 9.67. The first kappa shape index (κ1) is 24.5. The summed E-state index contributed by atoms with van der Waals surface area (Å²) in [6, 6.07) is 11.2. The van der Waals surface area contributed by atoms with Crippen molar-refractivity contribution in [1.29, 1.82) is 0 Å². The summed E-state index contributed by atoms with van der Waals surface area (Å²) in [7, 11) is 5.42. The molecule has 3 aromatic rings. The van der Waals surface area contributed by atoms with E-state index < -0.39 is 0 Å². The van der Waals surface area contributed by atoms with Crippen molar-refractivity contribution in [2.75, 3.05) is 70.8 Å². The van der Waals surface area contributed by atoms with E-state index in [2.05, 4.69) is 27.1 Å². The fraction of sp³-hybridized carbons (Fsp3) is 0.481. The fourth-order valence-corrected chi connectivity index (χ4v) is 5.00. The van der Waals surface area contributed by atoms with Gasteiger partial charge in [-0.25, -0.2) is 9.37 Å². The molecule has 2 saturated heterocycles. The molecule has 2 aliphatic rings. The zero-order valence-electron chi connectivity index (χ0n) is 21.3. The van der Waals surface area contributed by atoms with Crippen molar-refractivity contribution < 1.29 is 13.9 Å². The predicted molar refractivity (Wildman–Crippen MR) is 141 cm³/mol. The molecule has 0 atom stereocenters. The Morgan fingerprint density at radius 3 is 2.33 bits per heavy atom. The van der Waals surface area contributed by atoms with Crippen LogP contribution < -0.4 is 19.7 Å². The van der Waals surface area contributed by atoms with Gasteiger partial charge in [-0.15, -0.1) is 0 Å². The molecule has 3 heterocycles. The second kappa shape index (κ2) is 10.8. The monoisotopic (exact) mass is 494 g/mol. The van der Waals surface area contributed by atoms with Crippen LogP contribution in [-0.2, 0) is 6.54 Å². The average Bonchev–Trinajstić information content (AvgIpc) is 2.90. The van der Waals surface area contributed by atoms with Crippen LogP contribution in [0.3, 0.4) is 0 Å². The molecule has 0 aliphatic carbocycles. The zero-order valence-corrected chi connectivity index (χ0v) is 21.3. The van der Waals surface area contributed by atoms with Crippen LogP contribution in [0.25, 0.3) is 10.9 Å². The molecule has 0 saturated carbocycles. The number of fused-ring (bicyclic) bond motifs is 1. The van der Waals surface area contributed by atoms with Crippen molar-refractivity contribution in [3.8, 4) is 11.5 Å². The van der Waals surface area contributed by atoms with E-state index in [4.69, 9.17) is 19.4 Å². The molecule has 2 fully saturated rings. The number of halogens is 1. The van der Waals surface area contributed by atoms with Gasteiger partial charge in [-0.05, 0) is 32.0 Å². The van der Waals surface area contributed by atoms with E-state index >= 15 is 0 Å². The van der Waals surface area contributed by atoms with Crippen molar-refractivity contribution in [1.82, 2.24) is 19.8 Å². The number of aromatic nitrogens is 2. The van der Waals surface area contributed by atoms with Gasteiger partial charge in [0, 0.05) is 68.9 Å². The number of nitrogens with zero attached hydrogens (tertiary/aromatic N) is 5. The summed E-state index contributed by atoms with van der Waals surface area (Å²) in [6.45, 7) is 6.19. The summed E-state index contributed by atoms with van der Waals surface area (Å²) in [5, 5.41) is 4.63. The van der Waals surface area contributed by atoms with Crippen LogP contribution in [0.4, 0.5) is 16.2 Å². The first-order valence-corrected chi connectivity index (χ1v) is 12.6. The van der Waals surface area contributed by atoms with E-state index in [1.54, 1.807) is 20.3 Å². The molecule has 8 nitrogen and oxygen atoms in total. The van der Waals surface area contributed by atoms with Crippen LogP contribution in [0.1, 0.15) is 18.4 Å². The van der Waals surface area contributed by atoms with Gasteiger partial charge in [0.05, 0.1) is 19.7 Å². The fourth-order valence-electron chi connectivity index (χ4n) is 5.00. The van der Waals surface area contributed by atoms with Crippen LogP contribution in [0.15, 0.2) is 36.4 Å². The summed E-state index contributed by atoms with van der Waals surface area (Å²) in [6.07, 6.45) is 1.91. The minimum absolute atomic E-state index is 0.133. The summed E-state index contributed by atoms with van der Waals surface area (Å²) < 4.78 is 25.2. The first-order valence-electron chi connectivity index (χ1n) is 12.6. The lowest BCUT2D eigenvalue weighted by atomic mass is 10.0. The number of piperidine rings is 1. The third-order valence-electron chi connectivity index (χ3n) is 7.26. The van der Waals surface area contributed by atoms with E-state index in [0.29, 0.717) is 18.0 Å². The average molecular weight is 495 g/mol. The summed E-state index contributed by atoms with van der Waals surface area (Å²) in [5.74, 6) is 2.74. The van der Waals surface area contributed by atoms with Gasteiger partial charge in [-0.2, -0.15) is 4.98 Å². The lowest BCUT2D eigenvalue weighted by molar-refractivity contribution is 0.209. The highest BCUT2D eigenvalue weighted by Gasteiger charge is 2.24. The summed E-state index contributed by atoms with van der Waals surface area (Å²) in [4.78, 5) is 16.8.